The van der Waals surface area contributed by atoms with Crippen LogP contribution in [0, 0.1) is 0 Å². The Balaban J connectivity index is 3.42. The van der Waals surface area contributed by atoms with Gasteiger partial charge in [-0.05, 0) is 26.7 Å². The lowest BCUT2D eigenvalue weighted by Gasteiger charge is -2.16. The zero-order chi connectivity index (χ0) is 41.5. The van der Waals surface area contributed by atoms with Crippen LogP contribution in [0.1, 0.15) is 297 Å². The Morgan fingerprint density at radius 3 is 0.632 bits per heavy atom. The summed E-state index contributed by atoms with van der Waals surface area (Å²) in [5, 5.41) is -0.709. The van der Waals surface area contributed by atoms with E-state index in [4.69, 9.17) is 9.47 Å². The topological polar surface area (TPSA) is 52.6 Å². The molecular formula is C52H102O4S. The number of carbonyl (C=O) groups is 2. The van der Waals surface area contributed by atoms with Gasteiger partial charge in [0, 0.05) is 0 Å². The summed E-state index contributed by atoms with van der Waals surface area (Å²) in [4.78, 5) is 25.0. The predicted octanol–water partition coefficient (Wildman–Crippen LogP) is 18.0. The molecule has 0 radical (unpaired) electrons. The molecule has 0 aromatic rings. The van der Waals surface area contributed by atoms with Crippen LogP contribution in [0.3, 0.4) is 0 Å². The standard InChI is InChI=1S/C52H102O4S/c1-5-7-9-11-13-15-17-19-21-23-25-27-29-31-33-35-37-39-41-43-45-47-55-51(53)49(3)57-50(4)52(54)56-48-46-44-42-40-38-36-34-32-30-28-26-24-22-20-18-16-14-12-10-8-6-2/h49-50H,5-48H2,1-4H3. The van der Waals surface area contributed by atoms with Crippen LogP contribution in [-0.4, -0.2) is 35.7 Å². The van der Waals surface area contributed by atoms with Crippen molar-refractivity contribution in [1.29, 1.82) is 0 Å². The van der Waals surface area contributed by atoms with Crippen LogP contribution in [-0.2, 0) is 19.1 Å². The van der Waals surface area contributed by atoms with Gasteiger partial charge in [0.05, 0.1) is 13.2 Å². The SMILES string of the molecule is CCCCCCCCCCCCCCCCCCCCCCCOC(=O)C(C)SC(C)C(=O)OCCCCCCCCCCCCCCCCCCCCCCC. The minimum atomic E-state index is -0.355. The summed E-state index contributed by atoms with van der Waals surface area (Å²) in [6.45, 7) is 9.24. The van der Waals surface area contributed by atoms with Crippen LogP contribution in [0.25, 0.3) is 0 Å². The molecule has 0 aromatic carbocycles. The lowest BCUT2D eigenvalue weighted by molar-refractivity contribution is -0.142. The Kier molecular flexibility index (Phi) is 47.4. The molecule has 0 spiro atoms. The molecule has 0 heterocycles. The normalized spacial score (nSPS) is 12.6. The van der Waals surface area contributed by atoms with Crippen molar-refractivity contribution < 1.29 is 19.1 Å². The van der Waals surface area contributed by atoms with E-state index in [1.807, 2.05) is 13.8 Å². The maximum absolute atomic E-state index is 12.5. The number of hydrogen-bond donors (Lipinski definition) is 0. The molecule has 4 nitrogen and oxygen atoms in total. The third-order valence-corrected chi connectivity index (χ3v) is 13.3. The third-order valence-electron chi connectivity index (χ3n) is 12.1. The molecule has 0 bridgehead atoms. The fraction of sp³-hybridized carbons (Fsp3) is 0.962. The van der Waals surface area contributed by atoms with Crippen LogP contribution >= 0.6 is 11.8 Å². The van der Waals surface area contributed by atoms with Gasteiger partial charge in [-0.2, -0.15) is 0 Å². The Morgan fingerprint density at radius 2 is 0.456 bits per heavy atom. The largest absolute Gasteiger partial charge is 0.465 e. The highest BCUT2D eigenvalue weighted by Gasteiger charge is 2.23. The van der Waals surface area contributed by atoms with E-state index in [1.165, 1.54) is 256 Å². The lowest BCUT2D eigenvalue weighted by atomic mass is 10.0. The van der Waals surface area contributed by atoms with E-state index in [9.17, 15) is 9.59 Å². The van der Waals surface area contributed by atoms with Gasteiger partial charge in [-0.15, -0.1) is 11.8 Å². The van der Waals surface area contributed by atoms with E-state index < -0.39 is 0 Å². The Labute approximate surface area is 362 Å². The maximum Gasteiger partial charge on any atom is 0.318 e. The molecule has 340 valence electrons. The van der Waals surface area contributed by atoms with Crippen LogP contribution < -0.4 is 0 Å². The molecule has 2 unspecified atom stereocenters. The van der Waals surface area contributed by atoms with Gasteiger partial charge in [-0.1, -0.05) is 271 Å². The molecule has 0 aliphatic rings. The van der Waals surface area contributed by atoms with Crippen LogP contribution in [0.2, 0.25) is 0 Å². The molecule has 0 aromatic heterocycles. The summed E-state index contributed by atoms with van der Waals surface area (Å²) < 4.78 is 11.0. The predicted molar refractivity (Wildman–Crippen MR) is 254 cm³/mol. The average molecular weight is 823 g/mol. The van der Waals surface area contributed by atoms with Crippen molar-refractivity contribution in [1.82, 2.24) is 0 Å². The molecule has 2 atom stereocenters. The zero-order valence-corrected chi connectivity index (χ0v) is 40.1. The second kappa shape index (κ2) is 48.0. The molecule has 0 amide bonds. The molecular weight excluding hydrogens is 721 g/mol. The van der Waals surface area contributed by atoms with Crippen molar-refractivity contribution in [2.75, 3.05) is 13.2 Å². The molecule has 57 heavy (non-hydrogen) atoms. The molecule has 0 rings (SSSR count). The number of esters is 2. The zero-order valence-electron chi connectivity index (χ0n) is 39.3. The second-order valence-electron chi connectivity index (χ2n) is 17.9. The van der Waals surface area contributed by atoms with Gasteiger partial charge in [-0.3, -0.25) is 9.59 Å². The summed E-state index contributed by atoms with van der Waals surface area (Å²) in [7, 11) is 0. The van der Waals surface area contributed by atoms with Gasteiger partial charge < -0.3 is 9.47 Å². The van der Waals surface area contributed by atoms with Crippen LogP contribution in [0.5, 0.6) is 0 Å². The minimum absolute atomic E-state index is 0.211. The molecule has 0 aliphatic carbocycles. The summed E-state index contributed by atoms with van der Waals surface area (Å²) in [5.74, 6) is -0.422. The van der Waals surface area contributed by atoms with Gasteiger partial charge in [0.2, 0.25) is 0 Å². The fourth-order valence-electron chi connectivity index (χ4n) is 8.07. The number of rotatable bonds is 48. The summed E-state index contributed by atoms with van der Waals surface area (Å²) >= 11 is 1.35. The Morgan fingerprint density at radius 1 is 0.298 bits per heavy atom. The van der Waals surface area contributed by atoms with Crippen molar-refractivity contribution in [3.05, 3.63) is 0 Å². The van der Waals surface area contributed by atoms with Gasteiger partial charge in [-0.25, -0.2) is 0 Å². The van der Waals surface area contributed by atoms with Crippen molar-refractivity contribution in [2.45, 2.75) is 308 Å². The summed E-state index contributed by atoms with van der Waals surface area (Å²) in [5.41, 5.74) is 0. The van der Waals surface area contributed by atoms with Gasteiger partial charge >= 0.3 is 11.9 Å². The molecule has 5 heteroatoms. The number of carbonyl (C=O) groups excluding carboxylic acids is 2. The van der Waals surface area contributed by atoms with Gasteiger partial charge in [0.1, 0.15) is 10.5 Å². The monoisotopic (exact) mass is 823 g/mol. The quantitative estimate of drug-likeness (QED) is 0.0452. The number of hydrogen-bond acceptors (Lipinski definition) is 5. The average Bonchev–Trinajstić information content (AvgIpc) is 3.21. The van der Waals surface area contributed by atoms with Crippen molar-refractivity contribution in [3.8, 4) is 0 Å². The maximum atomic E-state index is 12.5. The number of unbranched alkanes of at least 4 members (excludes halogenated alkanes) is 40. The Bertz CT molecular complexity index is 739. The molecule has 0 aliphatic heterocycles. The lowest BCUT2D eigenvalue weighted by Crippen LogP contribution is -2.25. The minimum Gasteiger partial charge on any atom is -0.465 e. The van der Waals surface area contributed by atoms with E-state index in [0.29, 0.717) is 13.2 Å². The fourth-order valence-corrected chi connectivity index (χ4v) is 9.04. The first kappa shape index (κ1) is 56.3. The first-order valence-electron chi connectivity index (χ1n) is 26.0. The van der Waals surface area contributed by atoms with Gasteiger partial charge in [0.25, 0.3) is 0 Å². The highest BCUT2D eigenvalue weighted by atomic mass is 32.2. The second-order valence-corrected chi connectivity index (χ2v) is 19.6. The first-order chi connectivity index (χ1) is 28.0. The highest BCUT2D eigenvalue weighted by molar-refractivity contribution is 8.01. The third kappa shape index (κ3) is 44.7. The molecule has 0 saturated carbocycles. The van der Waals surface area contributed by atoms with E-state index >= 15 is 0 Å². The van der Waals surface area contributed by atoms with Crippen molar-refractivity contribution in [2.24, 2.45) is 0 Å². The molecule has 0 N–H and O–H groups in total. The van der Waals surface area contributed by atoms with E-state index in [0.717, 1.165) is 25.7 Å². The van der Waals surface area contributed by atoms with E-state index in [1.54, 1.807) is 0 Å². The molecule has 0 fully saturated rings. The van der Waals surface area contributed by atoms with E-state index in [-0.39, 0.29) is 22.4 Å². The van der Waals surface area contributed by atoms with Crippen LogP contribution in [0.15, 0.2) is 0 Å². The Hall–Kier alpha value is -0.710. The summed E-state index contributed by atoms with van der Waals surface area (Å²) in [6.07, 6.45) is 57.4. The smallest absolute Gasteiger partial charge is 0.318 e. The van der Waals surface area contributed by atoms with E-state index in [2.05, 4.69) is 13.8 Å². The van der Waals surface area contributed by atoms with Gasteiger partial charge in [0.15, 0.2) is 0 Å². The van der Waals surface area contributed by atoms with Crippen molar-refractivity contribution in [3.63, 3.8) is 0 Å². The first-order valence-corrected chi connectivity index (χ1v) is 27.0. The van der Waals surface area contributed by atoms with Crippen LogP contribution in [0.4, 0.5) is 0 Å². The van der Waals surface area contributed by atoms with Crippen molar-refractivity contribution >= 4 is 23.7 Å². The number of thioether (sulfide) groups is 1. The number of ether oxygens (including phenoxy) is 2. The summed E-state index contributed by atoms with van der Waals surface area (Å²) in [6, 6.07) is 0. The highest BCUT2D eigenvalue weighted by Crippen LogP contribution is 2.21. The molecule has 0 saturated heterocycles.